The number of benzene rings is 1. The van der Waals surface area contributed by atoms with Gasteiger partial charge in [-0.3, -0.25) is 4.79 Å². The van der Waals surface area contributed by atoms with Crippen LogP contribution in [-0.2, 0) is 6.42 Å². The topological polar surface area (TPSA) is 48.0 Å². The lowest BCUT2D eigenvalue weighted by Gasteiger charge is -2.16. The minimum absolute atomic E-state index is 0.279. The minimum Gasteiger partial charge on any atom is -0.366 e. The molecule has 3 nitrogen and oxygen atoms in total. The van der Waals surface area contributed by atoms with E-state index in [1.165, 1.54) is 5.69 Å². The molecule has 0 fully saturated rings. The Kier molecular flexibility index (Phi) is 5.53. The second kappa shape index (κ2) is 7.22. The summed E-state index contributed by atoms with van der Waals surface area (Å²) in [6, 6.07) is 7.91. The fourth-order valence-electron chi connectivity index (χ4n) is 3.29. The molecule has 0 aliphatic heterocycles. The van der Waals surface area contributed by atoms with Gasteiger partial charge in [0.15, 0.2) is 0 Å². The lowest BCUT2D eigenvalue weighted by molar-refractivity contribution is 0.1000. The fourth-order valence-corrected chi connectivity index (χ4v) is 3.41. The van der Waals surface area contributed by atoms with Crippen molar-refractivity contribution < 1.29 is 4.79 Å². The standard InChI is InChI=1S/C19H25ClN2O/c1-5-6-7-16-18(14-8-10-15(20)11-9-14)17(19(21)23)13(4)22(16)12(2)3/h8-12H,5-7H2,1-4H3,(H2,21,23). The van der Waals surface area contributed by atoms with E-state index in [-0.39, 0.29) is 11.9 Å². The molecule has 2 rings (SSSR count). The Morgan fingerprint density at radius 1 is 1.26 bits per heavy atom. The van der Waals surface area contributed by atoms with E-state index >= 15 is 0 Å². The number of carbonyl (C=O) groups is 1. The summed E-state index contributed by atoms with van der Waals surface area (Å²) >= 11 is 6.01. The van der Waals surface area contributed by atoms with Crippen molar-refractivity contribution in [2.45, 2.75) is 53.0 Å². The summed E-state index contributed by atoms with van der Waals surface area (Å²) in [6.07, 6.45) is 3.12. The molecule has 0 radical (unpaired) electrons. The number of aromatic nitrogens is 1. The summed E-state index contributed by atoms with van der Waals surface area (Å²) in [6.45, 7) is 8.43. The number of hydrogen-bond donors (Lipinski definition) is 1. The third-order valence-corrected chi connectivity index (χ3v) is 4.47. The van der Waals surface area contributed by atoms with Crippen molar-refractivity contribution in [2.24, 2.45) is 5.73 Å². The maximum Gasteiger partial charge on any atom is 0.251 e. The first-order valence-electron chi connectivity index (χ1n) is 8.17. The molecular formula is C19H25ClN2O. The van der Waals surface area contributed by atoms with E-state index in [9.17, 15) is 4.79 Å². The van der Waals surface area contributed by atoms with E-state index in [1.807, 2.05) is 31.2 Å². The van der Waals surface area contributed by atoms with Crippen molar-refractivity contribution in [2.75, 3.05) is 0 Å². The molecule has 124 valence electrons. The van der Waals surface area contributed by atoms with Crippen LogP contribution in [0.4, 0.5) is 0 Å². The molecule has 0 aliphatic rings. The number of rotatable bonds is 6. The van der Waals surface area contributed by atoms with E-state index in [1.54, 1.807) is 0 Å². The molecule has 23 heavy (non-hydrogen) atoms. The summed E-state index contributed by atoms with van der Waals surface area (Å²) < 4.78 is 2.25. The number of unbranched alkanes of at least 4 members (excludes halogenated alkanes) is 1. The molecule has 0 bridgehead atoms. The lowest BCUT2D eigenvalue weighted by atomic mass is 9.97. The number of halogens is 1. The zero-order valence-corrected chi connectivity index (χ0v) is 15.1. The molecule has 1 aromatic heterocycles. The molecular weight excluding hydrogens is 308 g/mol. The van der Waals surface area contributed by atoms with Gasteiger partial charge in [-0.2, -0.15) is 0 Å². The quantitative estimate of drug-likeness (QED) is 0.782. The van der Waals surface area contributed by atoms with Gasteiger partial charge in [0.1, 0.15) is 0 Å². The number of hydrogen-bond acceptors (Lipinski definition) is 1. The van der Waals surface area contributed by atoms with Gasteiger partial charge in [-0.05, 0) is 51.3 Å². The molecule has 1 aromatic carbocycles. The van der Waals surface area contributed by atoms with Crippen molar-refractivity contribution in [3.8, 4) is 11.1 Å². The van der Waals surface area contributed by atoms with Crippen LogP contribution >= 0.6 is 11.6 Å². The van der Waals surface area contributed by atoms with E-state index in [4.69, 9.17) is 17.3 Å². The molecule has 0 aliphatic carbocycles. The number of nitrogens with two attached hydrogens (primary N) is 1. The zero-order valence-electron chi connectivity index (χ0n) is 14.3. The van der Waals surface area contributed by atoms with Crippen molar-refractivity contribution in [1.29, 1.82) is 0 Å². The molecule has 1 heterocycles. The second-order valence-corrected chi connectivity index (χ2v) is 6.66. The average Bonchev–Trinajstić information content (AvgIpc) is 2.78. The zero-order chi connectivity index (χ0) is 17.1. The first-order chi connectivity index (χ1) is 10.9. The van der Waals surface area contributed by atoms with Gasteiger partial charge in [-0.15, -0.1) is 0 Å². The summed E-state index contributed by atoms with van der Waals surface area (Å²) in [5.41, 5.74) is 10.4. The maximum atomic E-state index is 12.1. The third kappa shape index (κ3) is 3.45. The van der Waals surface area contributed by atoms with Crippen molar-refractivity contribution in [3.05, 3.63) is 46.2 Å². The molecule has 4 heteroatoms. The third-order valence-electron chi connectivity index (χ3n) is 4.22. The van der Waals surface area contributed by atoms with Crippen LogP contribution < -0.4 is 5.73 Å². The van der Waals surface area contributed by atoms with E-state index < -0.39 is 0 Å². The Bertz CT molecular complexity index is 699. The Balaban J connectivity index is 2.76. The maximum absolute atomic E-state index is 12.1. The number of amides is 1. The Morgan fingerprint density at radius 3 is 2.35 bits per heavy atom. The van der Waals surface area contributed by atoms with Crippen LogP contribution in [0.15, 0.2) is 24.3 Å². The largest absolute Gasteiger partial charge is 0.366 e. The highest BCUT2D eigenvalue weighted by molar-refractivity contribution is 6.30. The first kappa shape index (κ1) is 17.6. The molecule has 0 saturated carbocycles. The normalized spacial score (nSPS) is 11.2. The SMILES string of the molecule is CCCCc1c(-c2ccc(Cl)cc2)c(C(N)=O)c(C)n1C(C)C. The van der Waals surface area contributed by atoms with Crippen molar-refractivity contribution >= 4 is 17.5 Å². The number of nitrogens with zero attached hydrogens (tertiary/aromatic N) is 1. The van der Waals surface area contributed by atoms with Crippen molar-refractivity contribution in [1.82, 2.24) is 4.57 Å². The van der Waals surface area contributed by atoms with E-state index in [2.05, 4.69) is 25.3 Å². The summed E-state index contributed by atoms with van der Waals surface area (Å²) in [5.74, 6) is -0.371. The van der Waals surface area contributed by atoms with Gasteiger partial charge in [-0.25, -0.2) is 0 Å². The monoisotopic (exact) mass is 332 g/mol. The lowest BCUT2D eigenvalue weighted by Crippen LogP contribution is -2.14. The van der Waals surface area contributed by atoms with E-state index in [0.717, 1.165) is 36.1 Å². The van der Waals surface area contributed by atoms with Gasteiger partial charge in [0, 0.05) is 28.0 Å². The van der Waals surface area contributed by atoms with Gasteiger partial charge >= 0.3 is 0 Å². The van der Waals surface area contributed by atoms with Crippen LogP contribution in [0.2, 0.25) is 5.02 Å². The Hall–Kier alpha value is -1.74. The Morgan fingerprint density at radius 2 is 1.87 bits per heavy atom. The molecule has 2 aromatic rings. The molecule has 0 spiro atoms. The number of carbonyl (C=O) groups excluding carboxylic acids is 1. The number of primary amides is 1. The Labute approximate surface area is 143 Å². The fraction of sp³-hybridized carbons (Fsp3) is 0.421. The predicted octanol–water partition coefficient (Wildman–Crippen LogP) is 5.14. The summed E-state index contributed by atoms with van der Waals surface area (Å²) in [5, 5.41) is 0.685. The van der Waals surface area contributed by atoms with Crippen LogP contribution in [0.3, 0.4) is 0 Å². The van der Waals surface area contributed by atoms with Gasteiger partial charge in [0.25, 0.3) is 5.91 Å². The first-order valence-corrected chi connectivity index (χ1v) is 8.55. The molecule has 2 N–H and O–H groups in total. The summed E-state index contributed by atoms with van der Waals surface area (Å²) in [7, 11) is 0. The van der Waals surface area contributed by atoms with Crippen LogP contribution in [0.25, 0.3) is 11.1 Å². The van der Waals surface area contributed by atoms with Crippen LogP contribution in [0, 0.1) is 6.92 Å². The highest BCUT2D eigenvalue weighted by atomic mass is 35.5. The van der Waals surface area contributed by atoms with Crippen LogP contribution in [0.1, 0.15) is 61.4 Å². The van der Waals surface area contributed by atoms with Crippen molar-refractivity contribution in [3.63, 3.8) is 0 Å². The highest BCUT2D eigenvalue weighted by Crippen LogP contribution is 2.36. The van der Waals surface area contributed by atoms with Crippen LogP contribution in [0.5, 0.6) is 0 Å². The second-order valence-electron chi connectivity index (χ2n) is 6.22. The molecule has 1 amide bonds. The smallest absolute Gasteiger partial charge is 0.251 e. The highest BCUT2D eigenvalue weighted by Gasteiger charge is 2.25. The van der Waals surface area contributed by atoms with Gasteiger partial charge < -0.3 is 10.3 Å². The van der Waals surface area contributed by atoms with Gasteiger partial charge in [0.2, 0.25) is 0 Å². The van der Waals surface area contributed by atoms with Crippen LogP contribution in [-0.4, -0.2) is 10.5 Å². The molecule has 0 saturated heterocycles. The summed E-state index contributed by atoms with van der Waals surface area (Å²) in [4.78, 5) is 12.1. The van der Waals surface area contributed by atoms with Gasteiger partial charge in [-0.1, -0.05) is 37.1 Å². The molecule has 0 unspecified atom stereocenters. The average molecular weight is 333 g/mol. The van der Waals surface area contributed by atoms with Gasteiger partial charge in [0.05, 0.1) is 5.56 Å². The van der Waals surface area contributed by atoms with E-state index in [0.29, 0.717) is 10.6 Å². The molecule has 0 atom stereocenters. The minimum atomic E-state index is -0.371. The predicted molar refractivity (Wildman–Crippen MR) is 97.1 cm³/mol.